The third-order valence-corrected chi connectivity index (χ3v) is 5.46. The zero-order chi connectivity index (χ0) is 20.0. The fourth-order valence-corrected chi connectivity index (χ4v) is 4.02. The molecule has 0 unspecified atom stereocenters. The molecule has 0 aliphatic carbocycles. The van der Waals surface area contributed by atoms with Gasteiger partial charge in [-0.2, -0.15) is 0 Å². The molecule has 0 fully saturated rings. The highest BCUT2D eigenvalue weighted by Crippen LogP contribution is 2.32. The Balaban J connectivity index is 1.62. The van der Waals surface area contributed by atoms with Gasteiger partial charge in [0, 0.05) is 38.3 Å². The van der Waals surface area contributed by atoms with E-state index in [4.69, 9.17) is 17.3 Å². The maximum absolute atomic E-state index is 12.9. The Morgan fingerprint density at radius 1 is 0.759 bits per heavy atom. The molecule has 0 saturated carbocycles. The number of nitrogen functional groups attached to an aromatic ring is 1. The second kappa shape index (κ2) is 6.80. The second-order valence-electron chi connectivity index (χ2n) is 6.98. The minimum Gasteiger partial charge on any atom is -0.398 e. The molecule has 0 amide bonds. The first-order valence-electron chi connectivity index (χ1n) is 9.32. The van der Waals surface area contributed by atoms with Crippen molar-refractivity contribution in [2.24, 2.45) is 0 Å². The fourth-order valence-electron chi connectivity index (χ4n) is 3.84. The number of carbonyl (C=O) groups excluding carboxylic acids is 1. The van der Waals surface area contributed by atoms with E-state index in [0.717, 1.165) is 16.7 Å². The first-order valence-corrected chi connectivity index (χ1v) is 9.69. The molecule has 1 heterocycles. The lowest BCUT2D eigenvalue weighted by Gasteiger charge is -2.10. The van der Waals surface area contributed by atoms with E-state index in [1.807, 2.05) is 36.4 Å². The van der Waals surface area contributed by atoms with Crippen molar-refractivity contribution in [2.45, 2.75) is 0 Å². The van der Waals surface area contributed by atoms with E-state index in [2.05, 4.69) is 41.0 Å². The van der Waals surface area contributed by atoms with Crippen LogP contribution in [0.5, 0.6) is 0 Å². The molecule has 0 radical (unpaired) electrons. The fraction of sp³-hybridized carbons (Fsp3) is 0. The van der Waals surface area contributed by atoms with Crippen LogP contribution in [0.4, 0.5) is 5.69 Å². The number of fused-ring (bicyclic) bond motifs is 3. The van der Waals surface area contributed by atoms with E-state index in [-0.39, 0.29) is 5.78 Å². The zero-order valence-corrected chi connectivity index (χ0v) is 16.2. The summed E-state index contributed by atoms with van der Waals surface area (Å²) in [6.07, 6.45) is 0. The Bertz CT molecular complexity index is 1330. The summed E-state index contributed by atoms with van der Waals surface area (Å²) in [5.74, 6) is -0.140. The van der Waals surface area contributed by atoms with Gasteiger partial charge in [0.25, 0.3) is 0 Å². The van der Waals surface area contributed by atoms with Crippen molar-refractivity contribution in [1.29, 1.82) is 0 Å². The first kappa shape index (κ1) is 17.5. The Kier molecular flexibility index (Phi) is 4.11. The van der Waals surface area contributed by atoms with Crippen LogP contribution in [0.3, 0.4) is 0 Å². The van der Waals surface area contributed by atoms with Crippen LogP contribution in [0.15, 0.2) is 91.0 Å². The summed E-state index contributed by atoms with van der Waals surface area (Å²) in [4.78, 5) is 12.9. The van der Waals surface area contributed by atoms with Crippen molar-refractivity contribution < 1.29 is 4.79 Å². The summed E-state index contributed by atoms with van der Waals surface area (Å²) in [6.45, 7) is 0. The molecule has 2 N–H and O–H groups in total. The summed E-state index contributed by atoms with van der Waals surface area (Å²) >= 11 is 6.04. The van der Waals surface area contributed by atoms with E-state index in [9.17, 15) is 4.79 Å². The largest absolute Gasteiger partial charge is 0.398 e. The molecule has 5 aromatic rings. The molecular weight excluding hydrogens is 380 g/mol. The van der Waals surface area contributed by atoms with Gasteiger partial charge in [0.05, 0.1) is 11.0 Å². The van der Waals surface area contributed by atoms with Crippen molar-refractivity contribution in [1.82, 2.24) is 4.57 Å². The molecular formula is C25H17ClN2O. The number of carbonyl (C=O) groups is 1. The number of hydrogen-bond donors (Lipinski definition) is 1. The molecule has 0 bridgehead atoms. The highest BCUT2D eigenvalue weighted by atomic mass is 35.5. The summed E-state index contributed by atoms with van der Waals surface area (Å²) in [6, 6.07) is 29.2. The molecule has 0 saturated heterocycles. The van der Waals surface area contributed by atoms with E-state index in [0.29, 0.717) is 21.8 Å². The highest BCUT2D eigenvalue weighted by molar-refractivity contribution is 6.31. The molecule has 5 rings (SSSR count). The second-order valence-corrected chi connectivity index (χ2v) is 7.41. The summed E-state index contributed by atoms with van der Waals surface area (Å²) in [5, 5.41) is 2.90. The number of ketones is 1. The number of nitrogens with two attached hydrogens (primary N) is 1. The first-order chi connectivity index (χ1) is 14.1. The van der Waals surface area contributed by atoms with Crippen molar-refractivity contribution in [2.75, 3.05) is 5.73 Å². The van der Waals surface area contributed by atoms with E-state index in [1.54, 1.807) is 18.2 Å². The van der Waals surface area contributed by atoms with Gasteiger partial charge in [0.1, 0.15) is 0 Å². The van der Waals surface area contributed by atoms with E-state index in [1.165, 1.54) is 10.8 Å². The normalized spacial score (nSPS) is 11.2. The predicted molar refractivity (Wildman–Crippen MR) is 120 cm³/mol. The van der Waals surface area contributed by atoms with E-state index >= 15 is 0 Å². The molecule has 1 aromatic heterocycles. The van der Waals surface area contributed by atoms with Gasteiger partial charge in [-0.05, 0) is 54.6 Å². The van der Waals surface area contributed by atoms with Gasteiger partial charge >= 0.3 is 0 Å². The maximum Gasteiger partial charge on any atom is 0.195 e. The molecule has 4 aromatic carbocycles. The number of aromatic nitrogens is 1. The summed E-state index contributed by atoms with van der Waals surface area (Å²) < 4.78 is 2.21. The van der Waals surface area contributed by atoms with Gasteiger partial charge in [-0.3, -0.25) is 4.79 Å². The summed E-state index contributed by atoms with van der Waals surface area (Å²) in [5.41, 5.74) is 10.6. The quantitative estimate of drug-likeness (QED) is 0.289. The SMILES string of the molecule is Nc1ccc(Cl)cc1C(=O)c1ccc(-n2c3ccccc3c3ccccc32)cc1. The third-order valence-electron chi connectivity index (χ3n) is 5.23. The molecule has 0 aliphatic rings. The van der Waals surface area contributed by atoms with Gasteiger partial charge < -0.3 is 10.3 Å². The van der Waals surface area contributed by atoms with Crippen molar-refractivity contribution in [3.63, 3.8) is 0 Å². The average Bonchev–Trinajstić information content (AvgIpc) is 3.10. The van der Waals surface area contributed by atoms with Gasteiger partial charge in [0.2, 0.25) is 0 Å². The maximum atomic E-state index is 12.9. The predicted octanol–water partition coefficient (Wildman–Crippen LogP) is 6.25. The Labute approximate surface area is 172 Å². The third kappa shape index (κ3) is 2.87. The molecule has 140 valence electrons. The Morgan fingerprint density at radius 2 is 1.34 bits per heavy atom. The van der Waals surface area contributed by atoms with Crippen molar-refractivity contribution in [3.8, 4) is 5.69 Å². The smallest absolute Gasteiger partial charge is 0.195 e. The van der Waals surface area contributed by atoms with Gasteiger partial charge in [-0.1, -0.05) is 48.0 Å². The number of halogens is 1. The van der Waals surface area contributed by atoms with Gasteiger partial charge in [0.15, 0.2) is 5.78 Å². The van der Waals surface area contributed by atoms with E-state index < -0.39 is 0 Å². The number of anilines is 1. The highest BCUT2D eigenvalue weighted by Gasteiger charge is 2.15. The minimum absolute atomic E-state index is 0.140. The van der Waals surface area contributed by atoms with Crippen LogP contribution in [0.2, 0.25) is 5.02 Å². The van der Waals surface area contributed by atoms with Crippen LogP contribution in [-0.4, -0.2) is 10.4 Å². The molecule has 4 heteroatoms. The van der Waals surface area contributed by atoms with Crippen LogP contribution in [0.25, 0.3) is 27.5 Å². The number of benzene rings is 4. The number of hydrogen-bond acceptors (Lipinski definition) is 2. The zero-order valence-electron chi connectivity index (χ0n) is 15.5. The minimum atomic E-state index is -0.140. The lowest BCUT2D eigenvalue weighted by molar-refractivity contribution is 0.103. The monoisotopic (exact) mass is 396 g/mol. The van der Waals surface area contributed by atoms with Crippen LogP contribution >= 0.6 is 11.6 Å². The Hall–Kier alpha value is -3.56. The number of rotatable bonds is 3. The number of para-hydroxylation sites is 2. The lowest BCUT2D eigenvalue weighted by atomic mass is 10.0. The molecule has 29 heavy (non-hydrogen) atoms. The van der Waals surface area contributed by atoms with Crippen LogP contribution in [0.1, 0.15) is 15.9 Å². The lowest BCUT2D eigenvalue weighted by Crippen LogP contribution is -2.05. The van der Waals surface area contributed by atoms with Crippen molar-refractivity contribution >= 4 is 44.9 Å². The van der Waals surface area contributed by atoms with Crippen LogP contribution < -0.4 is 5.73 Å². The molecule has 0 spiro atoms. The van der Waals surface area contributed by atoms with Crippen molar-refractivity contribution in [3.05, 3.63) is 107 Å². The Morgan fingerprint density at radius 3 is 1.97 bits per heavy atom. The number of nitrogens with zero attached hydrogens (tertiary/aromatic N) is 1. The van der Waals surface area contributed by atoms with Crippen LogP contribution in [-0.2, 0) is 0 Å². The topological polar surface area (TPSA) is 48.0 Å². The molecule has 0 aliphatic heterocycles. The average molecular weight is 397 g/mol. The summed E-state index contributed by atoms with van der Waals surface area (Å²) in [7, 11) is 0. The van der Waals surface area contributed by atoms with Gasteiger partial charge in [-0.15, -0.1) is 0 Å². The van der Waals surface area contributed by atoms with Crippen LogP contribution in [0, 0.1) is 0 Å². The molecule has 0 atom stereocenters. The standard InChI is InChI=1S/C25H17ClN2O/c26-17-11-14-22(27)21(15-17)25(29)16-9-12-18(13-10-16)28-23-7-3-1-5-19(23)20-6-2-4-8-24(20)28/h1-15H,27H2. The van der Waals surface area contributed by atoms with Gasteiger partial charge in [-0.25, -0.2) is 0 Å². The molecule has 3 nitrogen and oxygen atoms in total.